The van der Waals surface area contributed by atoms with Crippen molar-refractivity contribution in [3.8, 4) is 11.1 Å². The van der Waals surface area contributed by atoms with Gasteiger partial charge in [-0.1, -0.05) is 112 Å². The summed E-state index contributed by atoms with van der Waals surface area (Å²) in [6.07, 6.45) is 7.00. The minimum atomic E-state index is -0.180. The van der Waals surface area contributed by atoms with Crippen LogP contribution in [-0.4, -0.2) is 0 Å². The molecule has 2 nitrogen and oxygen atoms in total. The van der Waals surface area contributed by atoms with Crippen LogP contribution < -0.4 is 9.80 Å². The maximum Gasteiger partial charge on any atom is 0.0465 e. The summed E-state index contributed by atoms with van der Waals surface area (Å²) < 4.78 is 0. The largest absolute Gasteiger partial charge is 0.310 e. The van der Waals surface area contributed by atoms with Crippen LogP contribution in [0.4, 0.5) is 34.1 Å². The zero-order chi connectivity index (χ0) is 35.5. The predicted molar refractivity (Wildman–Crippen MR) is 220 cm³/mol. The van der Waals surface area contributed by atoms with Gasteiger partial charge in [0, 0.05) is 39.5 Å². The van der Waals surface area contributed by atoms with Crippen LogP contribution in [-0.2, 0) is 18.3 Å². The van der Waals surface area contributed by atoms with Gasteiger partial charge in [0.05, 0.1) is 0 Å². The third-order valence-corrected chi connectivity index (χ3v) is 10.7. The van der Waals surface area contributed by atoms with Crippen molar-refractivity contribution in [3.05, 3.63) is 167 Å². The van der Waals surface area contributed by atoms with Crippen molar-refractivity contribution in [3.63, 3.8) is 0 Å². The third-order valence-electron chi connectivity index (χ3n) is 10.7. The van der Waals surface area contributed by atoms with Gasteiger partial charge in [-0.2, -0.15) is 0 Å². The van der Waals surface area contributed by atoms with E-state index in [0.717, 1.165) is 12.8 Å². The molecule has 0 fully saturated rings. The van der Waals surface area contributed by atoms with Gasteiger partial charge in [-0.15, -0.1) is 0 Å². The lowest BCUT2D eigenvalue weighted by Crippen LogP contribution is -2.17. The Bertz CT molecular complexity index is 1970. The van der Waals surface area contributed by atoms with Gasteiger partial charge in [-0.3, -0.25) is 0 Å². The van der Waals surface area contributed by atoms with E-state index < -0.39 is 0 Å². The summed E-state index contributed by atoms with van der Waals surface area (Å²) in [5, 5.41) is 0. The summed E-state index contributed by atoms with van der Waals surface area (Å²) in [6, 6.07) is 50.4. The summed E-state index contributed by atoms with van der Waals surface area (Å²) in [7, 11) is 0. The van der Waals surface area contributed by atoms with E-state index in [-0.39, 0.29) is 5.41 Å². The molecule has 6 aromatic carbocycles. The number of nitrogens with zero attached hydrogens (tertiary/aromatic N) is 2. The van der Waals surface area contributed by atoms with Crippen molar-refractivity contribution in [1.82, 2.24) is 0 Å². The lowest BCUT2D eigenvalue weighted by molar-refractivity contribution is 0.660. The second-order valence-electron chi connectivity index (χ2n) is 15.0. The number of hydrogen-bond acceptors (Lipinski definition) is 2. The maximum absolute atomic E-state index is 2.45. The highest BCUT2D eigenvalue weighted by Gasteiger charge is 2.37. The highest BCUT2D eigenvalue weighted by Crippen LogP contribution is 2.52. The van der Waals surface area contributed by atoms with Crippen LogP contribution in [0.25, 0.3) is 11.1 Å². The molecule has 0 N–H and O–H groups in total. The SMILES string of the molecule is CCCCc1cccc(N(c2ccc(C)cc2)c2ccc3c(c2)C(C)(C)c2cc(N(c4ccc(C)cc4)c4cccc(CCCC)c4)ccc2-3)c1. The number of anilines is 6. The first-order valence-electron chi connectivity index (χ1n) is 19.0. The van der Waals surface area contributed by atoms with Crippen molar-refractivity contribution >= 4 is 34.1 Å². The molecule has 0 aliphatic heterocycles. The Labute approximate surface area is 306 Å². The molecule has 7 rings (SSSR count). The molecular formula is C49H52N2. The van der Waals surface area contributed by atoms with Crippen LogP contribution in [0.15, 0.2) is 133 Å². The van der Waals surface area contributed by atoms with Crippen LogP contribution in [0.1, 0.15) is 86.8 Å². The molecule has 2 heteroatoms. The van der Waals surface area contributed by atoms with Crippen molar-refractivity contribution in [2.75, 3.05) is 9.80 Å². The van der Waals surface area contributed by atoms with E-state index in [2.05, 4.69) is 185 Å². The molecule has 6 aromatic rings. The molecule has 0 saturated heterocycles. The van der Waals surface area contributed by atoms with Crippen LogP contribution in [0.3, 0.4) is 0 Å². The van der Waals surface area contributed by atoms with Crippen LogP contribution in [0.2, 0.25) is 0 Å². The topological polar surface area (TPSA) is 6.48 Å². The monoisotopic (exact) mass is 668 g/mol. The number of aryl methyl sites for hydroxylation is 4. The van der Waals surface area contributed by atoms with E-state index in [4.69, 9.17) is 0 Å². The van der Waals surface area contributed by atoms with Crippen molar-refractivity contribution in [1.29, 1.82) is 0 Å². The Kier molecular flexibility index (Phi) is 9.87. The number of hydrogen-bond donors (Lipinski definition) is 0. The Balaban J connectivity index is 1.31. The van der Waals surface area contributed by atoms with Crippen molar-refractivity contribution in [2.24, 2.45) is 0 Å². The fourth-order valence-corrected chi connectivity index (χ4v) is 7.74. The molecular weight excluding hydrogens is 617 g/mol. The van der Waals surface area contributed by atoms with Gasteiger partial charge in [0.2, 0.25) is 0 Å². The molecule has 1 aliphatic carbocycles. The normalized spacial score (nSPS) is 12.7. The summed E-state index contributed by atoms with van der Waals surface area (Å²) in [4.78, 5) is 4.87. The van der Waals surface area contributed by atoms with Crippen LogP contribution in [0, 0.1) is 13.8 Å². The van der Waals surface area contributed by atoms with Gasteiger partial charge < -0.3 is 9.80 Å². The molecule has 0 aromatic heterocycles. The minimum Gasteiger partial charge on any atom is -0.310 e. The standard InChI is InChI=1S/C49H52N2/c1-7-9-13-37-15-11-17-41(31-37)50(39-23-19-35(3)20-24-39)43-27-29-45-46-30-28-44(34-48(46)49(5,6)47(45)33-43)51(40-25-21-36(4)22-26-40)42-18-12-16-38(32-42)14-10-8-2/h11-12,15-34H,7-10,13-14H2,1-6H3. The summed E-state index contributed by atoms with van der Waals surface area (Å²) >= 11 is 0. The minimum absolute atomic E-state index is 0.180. The van der Waals surface area contributed by atoms with Gasteiger partial charge in [0.1, 0.15) is 0 Å². The Morgan fingerprint density at radius 2 is 0.804 bits per heavy atom. The second kappa shape index (κ2) is 14.6. The van der Waals surface area contributed by atoms with E-state index in [0.29, 0.717) is 0 Å². The van der Waals surface area contributed by atoms with Crippen molar-refractivity contribution in [2.45, 2.75) is 85.5 Å². The molecule has 51 heavy (non-hydrogen) atoms. The predicted octanol–water partition coefficient (Wildman–Crippen LogP) is 14.2. The number of benzene rings is 6. The summed E-state index contributed by atoms with van der Waals surface area (Å²) in [5.74, 6) is 0. The van der Waals surface area contributed by atoms with E-state index >= 15 is 0 Å². The van der Waals surface area contributed by atoms with Crippen molar-refractivity contribution < 1.29 is 0 Å². The molecule has 0 spiro atoms. The first-order chi connectivity index (χ1) is 24.8. The third kappa shape index (κ3) is 6.97. The Morgan fingerprint density at radius 1 is 0.431 bits per heavy atom. The molecule has 0 heterocycles. The first-order valence-corrected chi connectivity index (χ1v) is 19.0. The zero-order valence-electron chi connectivity index (χ0n) is 31.3. The average Bonchev–Trinajstić information content (AvgIpc) is 3.37. The van der Waals surface area contributed by atoms with Gasteiger partial charge in [0.25, 0.3) is 0 Å². The van der Waals surface area contributed by atoms with Crippen LogP contribution >= 0.6 is 0 Å². The van der Waals surface area contributed by atoms with Gasteiger partial charge >= 0.3 is 0 Å². The van der Waals surface area contributed by atoms with E-state index in [9.17, 15) is 0 Å². The van der Waals surface area contributed by atoms with E-state index in [1.165, 1.54) is 104 Å². The summed E-state index contributed by atoms with van der Waals surface area (Å²) in [5.41, 5.74) is 17.7. The molecule has 258 valence electrons. The fraction of sp³-hybridized carbons (Fsp3) is 0.265. The maximum atomic E-state index is 2.45. The van der Waals surface area contributed by atoms with Gasteiger partial charge in [0.15, 0.2) is 0 Å². The Morgan fingerprint density at radius 3 is 1.20 bits per heavy atom. The van der Waals surface area contributed by atoms with Gasteiger partial charge in [-0.25, -0.2) is 0 Å². The lowest BCUT2D eigenvalue weighted by Gasteiger charge is -2.29. The van der Waals surface area contributed by atoms with E-state index in [1.807, 2.05) is 0 Å². The smallest absolute Gasteiger partial charge is 0.0465 e. The summed E-state index contributed by atoms with van der Waals surface area (Å²) in [6.45, 7) is 13.6. The molecule has 0 unspecified atom stereocenters. The number of unbranched alkanes of at least 4 members (excludes halogenated alkanes) is 2. The lowest BCUT2D eigenvalue weighted by atomic mass is 9.82. The molecule has 1 aliphatic rings. The second-order valence-corrected chi connectivity index (χ2v) is 15.0. The highest BCUT2D eigenvalue weighted by atomic mass is 15.1. The molecule has 0 radical (unpaired) electrons. The van der Waals surface area contributed by atoms with Gasteiger partial charge in [-0.05, 0) is 146 Å². The average molecular weight is 669 g/mol. The fourth-order valence-electron chi connectivity index (χ4n) is 7.74. The van der Waals surface area contributed by atoms with Crippen LogP contribution in [0.5, 0.6) is 0 Å². The number of fused-ring (bicyclic) bond motifs is 3. The number of rotatable bonds is 12. The quantitative estimate of drug-likeness (QED) is 0.128. The Hall–Kier alpha value is -5.08. The van der Waals surface area contributed by atoms with E-state index in [1.54, 1.807) is 0 Å². The molecule has 0 saturated carbocycles. The zero-order valence-corrected chi connectivity index (χ0v) is 31.3. The molecule has 0 amide bonds. The molecule has 0 bridgehead atoms. The first kappa shape index (κ1) is 34.4. The highest BCUT2D eigenvalue weighted by molar-refractivity contribution is 5.88. The molecule has 0 atom stereocenters.